The third-order valence-electron chi connectivity index (χ3n) is 4.20. The molecule has 29 heavy (non-hydrogen) atoms. The Morgan fingerprint density at radius 3 is 2.52 bits per heavy atom. The van der Waals surface area contributed by atoms with E-state index < -0.39 is 4.92 Å². The van der Waals surface area contributed by atoms with E-state index in [1.807, 2.05) is 39.0 Å². The second-order valence-corrected chi connectivity index (χ2v) is 6.82. The Morgan fingerprint density at radius 2 is 1.86 bits per heavy atom. The molecular formula is C21H27N3O5. The van der Waals surface area contributed by atoms with Crippen molar-refractivity contribution >= 4 is 17.3 Å². The lowest BCUT2D eigenvalue weighted by Gasteiger charge is -2.18. The largest absolute Gasteiger partial charge is 0.493 e. The average molecular weight is 401 g/mol. The highest BCUT2D eigenvalue weighted by Crippen LogP contribution is 2.31. The first-order chi connectivity index (χ1) is 13.8. The summed E-state index contributed by atoms with van der Waals surface area (Å²) in [7, 11) is 1.57. The highest BCUT2D eigenvalue weighted by molar-refractivity contribution is 5.77. The molecule has 2 N–H and O–H groups in total. The van der Waals surface area contributed by atoms with Gasteiger partial charge >= 0.3 is 0 Å². The van der Waals surface area contributed by atoms with Crippen molar-refractivity contribution in [3.05, 3.63) is 58.1 Å². The maximum atomic E-state index is 12.3. The Balaban J connectivity index is 1.91. The molecular weight excluding hydrogens is 374 g/mol. The molecule has 8 heteroatoms. The molecule has 0 aliphatic carbocycles. The lowest BCUT2D eigenvalue weighted by atomic mass is 10.1. The number of carbonyl (C=O) groups excluding carboxylic acids is 1. The standard InChI is InChI=1S/C21H27N3O5/c1-14(2)29-19-10-9-16(13-20(19)28-4)15(3)23-21(25)11-12-22-17-7-5-6-8-18(17)24(26)27/h5-10,13-15,22H,11-12H2,1-4H3,(H,23,25). The number of nitro groups is 1. The van der Waals surface area contributed by atoms with Crippen molar-refractivity contribution in [2.75, 3.05) is 19.0 Å². The number of hydrogen-bond donors (Lipinski definition) is 2. The summed E-state index contributed by atoms with van der Waals surface area (Å²) in [4.78, 5) is 22.8. The Morgan fingerprint density at radius 1 is 1.14 bits per heavy atom. The molecule has 0 heterocycles. The van der Waals surface area contributed by atoms with E-state index in [2.05, 4.69) is 10.6 Å². The fourth-order valence-corrected chi connectivity index (χ4v) is 2.79. The van der Waals surface area contributed by atoms with E-state index >= 15 is 0 Å². The van der Waals surface area contributed by atoms with E-state index in [0.717, 1.165) is 5.56 Å². The van der Waals surface area contributed by atoms with Gasteiger partial charge in [0.2, 0.25) is 5.91 Å². The van der Waals surface area contributed by atoms with Crippen LogP contribution in [0.15, 0.2) is 42.5 Å². The SMILES string of the molecule is COc1cc(C(C)NC(=O)CCNc2ccccc2[N+](=O)[O-])ccc1OC(C)C. The second-order valence-electron chi connectivity index (χ2n) is 6.82. The lowest BCUT2D eigenvalue weighted by Crippen LogP contribution is -2.28. The first-order valence-electron chi connectivity index (χ1n) is 9.43. The molecule has 2 aromatic carbocycles. The van der Waals surface area contributed by atoms with E-state index in [0.29, 0.717) is 17.2 Å². The zero-order chi connectivity index (χ0) is 21.4. The molecule has 0 spiro atoms. The normalized spacial score (nSPS) is 11.6. The van der Waals surface area contributed by atoms with E-state index in [9.17, 15) is 14.9 Å². The van der Waals surface area contributed by atoms with Crippen molar-refractivity contribution in [2.24, 2.45) is 0 Å². The molecule has 0 aromatic heterocycles. The number of nitrogens with one attached hydrogen (secondary N) is 2. The van der Waals surface area contributed by atoms with Crippen molar-refractivity contribution in [2.45, 2.75) is 39.3 Å². The van der Waals surface area contributed by atoms with Crippen LogP contribution in [-0.4, -0.2) is 30.6 Å². The van der Waals surface area contributed by atoms with Gasteiger partial charge in [0.25, 0.3) is 5.69 Å². The molecule has 0 aliphatic heterocycles. The summed E-state index contributed by atoms with van der Waals surface area (Å²) in [6, 6.07) is 11.7. The van der Waals surface area contributed by atoms with Gasteiger partial charge in [0, 0.05) is 19.0 Å². The van der Waals surface area contributed by atoms with Crippen molar-refractivity contribution in [1.82, 2.24) is 5.32 Å². The number of nitrogens with zero attached hydrogens (tertiary/aromatic N) is 1. The topological polar surface area (TPSA) is 103 Å². The van der Waals surface area contributed by atoms with Crippen LogP contribution in [0, 0.1) is 10.1 Å². The highest BCUT2D eigenvalue weighted by Gasteiger charge is 2.15. The zero-order valence-corrected chi connectivity index (χ0v) is 17.1. The average Bonchev–Trinajstić information content (AvgIpc) is 2.68. The second kappa shape index (κ2) is 10.3. The van der Waals surface area contributed by atoms with Gasteiger partial charge in [-0.25, -0.2) is 0 Å². The molecule has 0 fully saturated rings. The maximum absolute atomic E-state index is 12.3. The number of benzene rings is 2. The summed E-state index contributed by atoms with van der Waals surface area (Å²) in [5, 5.41) is 16.9. The summed E-state index contributed by atoms with van der Waals surface area (Å²) in [5.74, 6) is 1.10. The molecule has 1 atom stereocenters. The lowest BCUT2D eigenvalue weighted by molar-refractivity contribution is -0.384. The summed E-state index contributed by atoms with van der Waals surface area (Å²) >= 11 is 0. The molecule has 1 unspecified atom stereocenters. The van der Waals surface area contributed by atoms with Gasteiger partial charge in [0.05, 0.1) is 24.2 Å². The molecule has 2 rings (SSSR count). The number of hydrogen-bond acceptors (Lipinski definition) is 6. The van der Waals surface area contributed by atoms with Crippen molar-refractivity contribution < 1.29 is 19.2 Å². The van der Waals surface area contributed by atoms with Crippen LogP contribution < -0.4 is 20.1 Å². The minimum Gasteiger partial charge on any atom is -0.493 e. The van der Waals surface area contributed by atoms with Crippen molar-refractivity contribution in [1.29, 1.82) is 0 Å². The van der Waals surface area contributed by atoms with Crippen LogP contribution in [0.5, 0.6) is 11.5 Å². The summed E-state index contributed by atoms with van der Waals surface area (Å²) in [5.41, 5.74) is 1.26. The summed E-state index contributed by atoms with van der Waals surface area (Å²) < 4.78 is 11.1. The molecule has 0 saturated carbocycles. The molecule has 0 radical (unpaired) electrons. The Labute approximate surface area is 170 Å². The third kappa shape index (κ3) is 6.38. The monoisotopic (exact) mass is 401 g/mol. The smallest absolute Gasteiger partial charge is 0.292 e. The summed E-state index contributed by atoms with van der Waals surface area (Å²) in [6.07, 6.45) is 0.210. The number of anilines is 1. The molecule has 156 valence electrons. The Bertz CT molecular complexity index is 854. The molecule has 1 amide bonds. The quantitative estimate of drug-likeness (QED) is 0.459. The van der Waals surface area contributed by atoms with E-state index in [-0.39, 0.29) is 36.7 Å². The third-order valence-corrected chi connectivity index (χ3v) is 4.20. The van der Waals surface area contributed by atoms with Crippen LogP contribution in [-0.2, 0) is 4.79 Å². The van der Waals surface area contributed by atoms with Crippen LogP contribution in [0.2, 0.25) is 0 Å². The maximum Gasteiger partial charge on any atom is 0.292 e. The van der Waals surface area contributed by atoms with E-state index in [4.69, 9.17) is 9.47 Å². The van der Waals surface area contributed by atoms with Gasteiger partial charge in [-0.05, 0) is 44.5 Å². The molecule has 0 bridgehead atoms. The minimum atomic E-state index is -0.454. The number of amides is 1. The van der Waals surface area contributed by atoms with E-state index in [1.165, 1.54) is 6.07 Å². The van der Waals surface area contributed by atoms with Crippen LogP contribution in [0.1, 0.15) is 38.8 Å². The minimum absolute atomic E-state index is 0.0166. The van der Waals surface area contributed by atoms with Gasteiger partial charge in [0.1, 0.15) is 5.69 Å². The number of nitro benzene ring substituents is 1. The van der Waals surface area contributed by atoms with Gasteiger partial charge in [-0.3, -0.25) is 14.9 Å². The highest BCUT2D eigenvalue weighted by atomic mass is 16.6. The number of rotatable bonds is 10. The van der Waals surface area contributed by atoms with Crippen molar-refractivity contribution in [3.63, 3.8) is 0 Å². The number of para-hydroxylation sites is 2. The van der Waals surface area contributed by atoms with Gasteiger partial charge in [-0.15, -0.1) is 0 Å². The molecule has 8 nitrogen and oxygen atoms in total. The fraction of sp³-hybridized carbons (Fsp3) is 0.381. The summed E-state index contributed by atoms with van der Waals surface area (Å²) in [6.45, 7) is 6.04. The van der Waals surface area contributed by atoms with Gasteiger partial charge < -0.3 is 20.1 Å². The van der Waals surface area contributed by atoms with Crippen LogP contribution >= 0.6 is 0 Å². The predicted octanol–water partition coefficient (Wildman–Crippen LogP) is 4.07. The number of methoxy groups -OCH3 is 1. The zero-order valence-electron chi connectivity index (χ0n) is 17.1. The molecule has 2 aromatic rings. The Hall–Kier alpha value is -3.29. The first-order valence-corrected chi connectivity index (χ1v) is 9.43. The van der Waals surface area contributed by atoms with Gasteiger partial charge in [-0.1, -0.05) is 18.2 Å². The van der Waals surface area contributed by atoms with Crippen molar-refractivity contribution in [3.8, 4) is 11.5 Å². The molecule has 0 aliphatic rings. The van der Waals surface area contributed by atoms with Gasteiger partial charge in [0.15, 0.2) is 11.5 Å². The van der Waals surface area contributed by atoms with Crippen LogP contribution in [0.3, 0.4) is 0 Å². The fourth-order valence-electron chi connectivity index (χ4n) is 2.79. The van der Waals surface area contributed by atoms with Gasteiger partial charge in [-0.2, -0.15) is 0 Å². The molecule has 0 saturated heterocycles. The van der Waals surface area contributed by atoms with Crippen LogP contribution in [0.25, 0.3) is 0 Å². The van der Waals surface area contributed by atoms with Crippen LogP contribution in [0.4, 0.5) is 11.4 Å². The number of carbonyl (C=O) groups is 1. The first kappa shape index (κ1) is 22.0. The van der Waals surface area contributed by atoms with E-state index in [1.54, 1.807) is 25.3 Å². The number of ether oxygens (including phenoxy) is 2. The predicted molar refractivity (Wildman–Crippen MR) is 112 cm³/mol. The Kier molecular flexibility index (Phi) is 7.82.